The minimum absolute atomic E-state index is 0.0906. The van der Waals surface area contributed by atoms with Crippen LogP contribution in [0.2, 0.25) is 0 Å². The van der Waals surface area contributed by atoms with Gasteiger partial charge in [0.2, 0.25) is 10.0 Å². The molecule has 0 aromatic heterocycles. The molecule has 1 amide bonds. The number of piperazine rings is 2. The molecule has 0 aliphatic carbocycles. The summed E-state index contributed by atoms with van der Waals surface area (Å²) in [5, 5.41) is 0. The fourth-order valence-electron chi connectivity index (χ4n) is 4.45. The standard InChI is InChI=1S/C26H34N4O3S/c1-34(32,33)30-20-16-28(17-21-30)22-24-9-11-25(12-10-24)26(31)29-18-14-27(15-19-29)13-5-8-23-6-3-2-4-7-23/h2-12H,13-22H2,1H3/b8-5+. The zero-order valence-corrected chi connectivity index (χ0v) is 20.7. The van der Waals surface area contributed by atoms with E-state index >= 15 is 0 Å². The van der Waals surface area contributed by atoms with Crippen LogP contribution in [0.1, 0.15) is 21.5 Å². The second-order valence-corrected chi connectivity index (χ2v) is 11.0. The lowest BCUT2D eigenvalue weighted by Gasteiger charge is -2.34. The molecule has 2 aliphatic heterocycles. The molecule has 0 spiro atoms. The molecular weight excluding hydrogens is 448 g/mol. The van der Waals surface area contributed by atoms with Crippen molar-refractivity contribution >= 4 is 22.0 Å². The van der Waals surface area contributed by atoms with Crippen LogP contribution in [0, 0.1) is 0 Å². The third-order valence-electron chi connectivity index (χ3n) is 6.54. The Morgan fingerprint density at radius 3 is 2.06 bits per heavy atom. The zero-order chi connectivity index (χ0) is 24.0. The van der Waals surface area contributed by atoms with Crippen LogP contribution in [0.25, 0.3) is 6.08 Å². The molecule has 0 bridgehead atoms. The van der Waals surface area contributed by atoms with E-state index in [4.69, 9.17) is 0 Å². The van der Waals surface area contributed by atoms with Crippen molar-refractivity contribution < 1.29 is 13.2 Å². The Kier molecular flexibility index (Phi) is 8.15. The fraction of sp³-hybridized carbons (Fsp3) is 0.423. The number of benzene rings is 2. The Bertz CT molecular complexity index is 1070. The summed E-state index contributed by atoms with van der Waals surface area (Å²) in [5.41, 5.74) is 3.07. The molecular formula is C26H34N4O3S. The highest BCUT2D eigenvalue weighted by atomic mass is 32.2. The van der Waals surface area contributed by atoms with Gasteiger partial charge in [0.1, 0.15) is 0 Å². The van der Waals surface area contributed by atoms with Gasteiger partial charge in [-0.1, -0.05) is 54.6 Å². The van der Waals surface area contributed by atoms with Crippen LogP contribution in [0.5, 0.6) is 0 Å². The van der Waals surface area contributed by atoms with Crippen molar-refractivity contribution in [3.63, 3.8) is 0 Å². The predicted octanol–water partition coefficient (Wildman–Crippen LogP) is 2.24. The summed E-state index contributed by atoms with van der Waals surface area (Å²) >= 11 is 0. The smallest absolute Gasteiger partial charge is 0.253 e. The van der Waals surface area contributed by atoms with Gasteiger partial charge in [0, 0.05) is 71.0 Å². The van der Waals surface area contributed by atoms with E-state index in [9.17, 15) is 13.2 Å². The molecule has 4 rings (SSSR count). The Morgan fingerprint density at radius 1 is 0.824 bits per heavy atom. The molecule has 0 N–H and O–H groups in total. The van der Waals surface area contributed by atoms with Crippen LogP contribution in [0.3, 0.4) is 0 Å². The van der Waals surface area contributed by atoms with Gasteiger partial charge in [-0.05, 0) is 23.3 Å². The lowest BCUT2D eigenvalue weighted by atomic mass is 10.1. The first-order chi connectivity index (χ1) is 16.4. The third kappa shape index (κ3) is 6.76. The van der Waals surface area contributed by atoms with Crippen molar-refractivity contribution in [2.45, 2.75) is 6.54 Å². The van der Waals surface area contributed by atoms with Gasteiger partial charge < -0.3 is 4.90 Å². The maximum absolute atomic E-state index is 13.0. The highest BCUT2D eigenvalue weighted by molar-refractivity contribution is 7.88. The Morgan fingerprint density at radius 2 is 1.44 bits per heavy atom. The number of hydrogen-bond acceptors (Lipinski definition) is 5. The molecule has 2 aromatic rings. The van der Waals surface area contributed by atoms with Gasteiger partial charge in [0.05, 0.1) is 6.26 Å². The molecule has 2 saturated heterocycles. The molecule has 0 saturated carbocycles. The van der Waals surface area contributed by atoms with E-state index in [1.165, 1.54) is 16.1 Å². The topological polar surface area (TPSA) is 64.2 Å². The fourth-order valence-corrected chi connectivity index (χ4v) is 5.27. The first-order valence-electron chi connectivity index (χ1n) is 11.9. The van der Waals surface area contributed by atoms with Gasteiger partial charge in [-0.25, -0.2) is 8.42 Å². The Balaban J connectivity index is 1.21. The van der Waals surface area contributed by atoms with Gasteiger partial charge in [-0.2, -0.15) is 4.31 Å². The van der Waals surface area contributed by atoms with Gasteiger partial charge >= 0.3 is 0 Å². The summed E-state index contributed by atoms with van der Waals surface area (Å²) in [7, 11) is -3.11. The molecule has 2 aromatic carbocycles. The SMILES string of the molecule is CS(=O)(=O)N1CCN(Cc2ccc(C(=O)N3CCN(C/C=C/c4ccccc4)CC3)cc2)CC1. The molecule has 8 heteroatoms. The van der Waals surface area contributed by atoms with E-state index in [1.54, 1.807) is 0 Å². The second-order valence-electron chi connectivity index (χ2n) is 9.04. The summed E-state index contributed by atoms with van der Waals surface area (Å²) in [6.07, 6.45) is 5.60. The van der Waals surface area contributed by atoms with Crippen molar-refractivity contribution in [3.05, 3.63) is 77.4 Å². The lowest BCUT2D eigenvalue weighted by Crippen LogP contribution is -2.48. The monoisotopic (exact) mass is 482 g/mol. The van der Waals surface area contributed by atoms with Crippen LogP contribution in [-0.4, -0.2) is 98.5 Å². The number of carbonyl (C=O) groups is 1. The maximum Gasteiger partial charge on any atom is 0.253 e. The predicted molar refractivity (Wildman–Crippen MR) is 136 cm³/mol. The van der Waals surface area contributed by atoms with Crippen molar-refractivity contribution in [1.29, 1.82) is 0 Å². The minimum Gasteiger partial charge on any atom is -0.336 e. The highest BCUT2D eigenvalue weighted by Gasteiger charge is 2.24. The maximum atomic E-state index is 13.0. The summed E-state index contributed by atoms with van der Waals surface area (Å²) in [6, 6.07) is 18.2. The van der Waals surface area contributed by atoms with E-state index < -0.39 is 10.0 Å². The summed E-state index contributed by atoms with van der Waals surface area (Å²) < 4.78 is 24.9. The first kappa shape index (κ1) is 24.6. The molecule has 34 heavy (non-hydrogen) atoms. The van der Waals surface area contributed by atoms with E-state index in [-0.39, 0.29) is 5.91 Å². The lowest BCUT2D eigenvalue weighted by molar-refractivity contribution is 0.0650. The molecule has 0 unspecified atom stereocenters. The number of hydrogen-bond donors (Lipinski definition) is 0. The van der Waals surface area contributed by atoms with E-state index in [1.807, 2.05) is 47.4 Å². The number of rotatable bonds is 7. The quantitative estimate of drug-likeness (QED) is 0.606. The third-order valence-corrected chi connectivity index (χ3v) is 7.84. The highest BCUT2D eigenvalue weighted by Crippen LogP contribution is 2.14. The molecule has 2 heterocycles. The molecule has 0 atom stereocenters. The van der Waals surface area contributed by atoms with Crippen LogP contribution in [0.4, 0.5) is 0 Å². The number of nitrogens with zero attached hydrogens (tertiary/aromatic N) is 4. The van der Waals surface area contributed by atoms with E-state index in [2.05, 4.69) is 34.1 Å². The molecule has 2 fully saturated rings. The normalized spacial score (nSPS) is 19.0. The van der Waals surface area contributed by atoms with Gasteiger partial charge in [0.25, 0.3) is 5.91 Å². The zero-order valence-electron chi connectivity index (χ0n) is 19.8. The molecule has 2 aliphatic rings. The van der Waals surface area contributed by atoms with Crippen molar-refractivity contribution in [2.24, 2.45) is 0 Å². The van der Waals surface area contributed by atoms with Crippen molar-refractivity contribution in [1.82, 2.24) is 19.0 Å². The second kappa shape index (κ2) is 11.3. The van der Waals surface area contributed by atoms with E-state index in [0.29, 0.717) is 13.1 Å². The average molecular weight is 483 g/mol. The summed E-state index contributed by atoms with van der Waals surface area (Å²) in [6.45, 7) is 7.40. The number of carbonyl (C=O) groups excluding carboxylic acids is 1. The largest absolute Gasteiger partial charge is 0.336 e. The number of sulfonamides is 1. The summed E-state index contributed by atoms with van der Waals surface area (Å²) in [5.74, 6) is 0.0906. The summed E-state index contributed by atoms with van der Waals surface area (Å²) in [4.78, 5) is 19.5. The molecule has 7 nitrogen and oxygen atoms in total. The van der Waals surface area contributed by atoms with Crippen molar-refractivity contribution in [2.75, 3.05) is 65.2 Å². The van der Waals surface area contributed by atoms with Gasteiger partial charge in [-0.15, -0.1) is 0 Å². The van der Waals surface area contributed by atoms with Gasteiger partial charge in [-0.3, -0.25) is 14.6 Å². The number of amides is 1. The van der Waals surface area contributed by atoms with E-state index in [0.717, 1.165) is 63.5 Å². The van der Waals surface area contributed by atoms with Crippen LogP contribution in [0.15, 0.2) is 60.7 Å². The van der Waals surface area contributed by atoms with Crippen LogP contribution >= 0.6 is 0 Å². The Hall–Kier alpha value is -2.52. The van der Waals surface area contributed by atoms with Crippen LogP contribution < -0.4 is 0 Å². The Labute approximate surface area is 203 Å². The first-order valence-corrected chi connectivity index (χ1v) is 13.7. The molecule has 182 valence electrons. The minimum atomic E-state index is -3.11. The van der Waals surface area contributed by atoms with Crippen molar-refractivity contribution in [3.8, 4) is 0 Å². The van der Waals surface area contributed by atoms with Gasteiger partial charge in [0.15, 0.2) is 0 Å². The van der Waals surface area contributed by atoms with Crippen LogP contribution in [-0.2, 0) is 16.6 Å². The molecule has 0 radical (unpaired) electrons. The average Bonchev–Trinajstić information content (AvgIpc) is 2.85.